The van der Waals surface area contributed by atoms with Crippen LogP contribution >= 0.6 is 0 Å². The standard InChI is InChI=1S/C18H16N2O2/c1-2-3-4-17(21)20-16-11-7-14(8-12-16)18(22)13-5-9-15(19)10-6-13/h1,5-12H,3-4,19H2,(H,20,21). The maximum Gasteiger partial charge on any atom is 0.225 e. The summed E-state index contributed by atoms with van der Waals surface area (Å²) in [6.45, 7) is 0. The van der Waals surface area contributed by atoms with Crippen LogP contribution in [0.1, 0.15) is 28.8 Å². The van der Waals surface area contributed by atoms with Crippen molar-refractivity contribution in [2.45, 2.75) is 12.8 Å². The van der Waals surface area contributed by atoms with Crippen molar-refractivity contribution in [2.75, 3.05) is 11.1 Å². The van der Waals surface area contributed by atoms with Crippen molar-refractivity contribution in [2.24, 2.45) is 0 Å². The molecule has 0 aliphatic rings. The van der Waals surface area contributed by atoms with Gasteiger partial charge < -0.3 is 11.1 Å². The van der Waals surface area contributed by atoms with Crippen LogP contribution in [-0.4, -0.2) is 11.7 Å². The van der Waals surface area contributed by atoms with Gasteiger partial charge in [0.1, 0.15) is 0 Å². The number of benzene rings is 2. The molecule has 0 aliphatic heterocycles. The Morgan fingerprint density at radius 1 is 1.00 bits per heavy atom. The second kappa shape index (κ2) is 7.09. The van der Waals surface area contributed by atoms with Gasteiger partial charge in [-0.2, -0.15) is 0 Å². The van der Waals surface area contributed by atoms with Gasteiger partial charge in [-0.25, -0.2) is 0 Å². The lowest BCUT2D eigenvalue weighted by Gasteiger charge is -2.06. The van der Waals surface area contributed by atoms with Crippen LogP contribution in [0, 0.1) is 12.3 Å². The average molecular weight is 292 g/mol. The largest absolute Gasteiger partial charge is 0.399 e. The van der Waals surface area contributed by atoms with Gasteiger partial charge in [-0.15, -0.1) is 12.3 Å². The molecule has 0 fully saturated rings. The Kier molecular flexibility index (Phi) is 4.94. The summed E-state index contributed by atoms with van der Waals surface area (Å²) < 4.78 is 0. The van der Waals surface area contributed by atoms with E-state index in [1.807, 2.05) is 0 Å². The van der Waals surface area contributed by atoms with Gasteiger partial charge in [0.2, 0.25) is 5.91 Å². The molecule has 0 unspecified atom stereocenters. The fourth-order valence-electron chi connectivity index (χ4n) is 1.92. The maximum atomic E-state index is 12.3. The van der Waals surface area contributed by atoms with Crippen LogP contribution in [0.15, 0.2) is 48.5 Å². The molecule has 1 amide bonds. The highest BCUT2D eigenvalue weighted by Crippen LogP contribution is 2.15. The number of rotatable bonds is 5. The molecule has 4 heteroatoms. The van der Waals surface area contributed by atoms with Gasteiger partial charge >= 0.3 is 0 Å². The second-order valence-corrected chi connectivity index (χ2v) is 4.78. The van der Waals surface area contributed by atoms with Crippen LogP contribution in [0.4, 0.5) is 11.4 Å². The van der Waals surface area contributed by atoms with Crippen LogP contribution in [-0.2, 0) is 4.79 Å². The summed E-state index contributed by atoms with van der Waals surface area (Å²) in [4.78, 5) is 23.8. The molecule has 0 radical (unpaired) electrons. The van der Waals surface area contributed by atoms with Crippen LogP contribution in [0.25, 0.3) is 0 Å². The first kappa shape index (κ1) is 15.3. The monoisotopic (exact) mass is 292 g/mol. The zero-order valence-corrected chi connectivity index (χ0v) is 12.0. The number of anilines is 2. The minimum atomic E-state index is -0.143. The van der Waals surface area contributed by atoms with Crippen LogP contribution in [0.2, 0.25) is 0 Å². The molecule has 0 saturated heterocycles. The van der Waals surface area contributed by atoms with Crippen molar-refractivity contribution in [1.82, 2.24) is 0 Å². The molecule has 2 aromatic rings. The molecule has 0 aliphatic carbocycles. The first-order valence-electron chi connectivity index (χ1n) is 6.84. The molecule has 0 atom stereocenters. The van der Waals surface area contributed by atoms with Crippen LogP contribution in [0.5, 0.6) is 0 Å². The third-order valence-electron chi connectivity index (χ3n) is 3.10. The van der Waals surface area contributed by atoms with E-state index in [0.717, 1.165) is 0 Å². The van der Waals surface area contributed by atoms with Crippen molar-refractivity contribution in [3.63, 3.8) is 0 Å². The number of nitrogen functional groups attached to an aromatic ring is 1. The van der Waals surface area contributed by atoms with Gasteiger partial charge in [0, 0.05) is 35.3 Å². The highest BCUT2D eigenvalue weighted by atomic mass is 16.1. The van der Waals surface area contributed by atoms with Crippen LogP contribution < -0.4 is 11.1 Å². The van der Waals surface area contributed by atoms with E-state index in [0.29, 0.717) is 28.9 Å². The van der Waals surface area contributed by atoms with E-state index < -0.39 is 0 Å². The zero-order chi connectivity index (χ0) is 15.9. The Morgan fingerprint density at radius 2 is 1.55 bits per heavy atom. The third-order valence-corrected chi connectivity index (χ3v) is 3.10. The van der Waals surface area contributed by atoms with Crippen LogP contribution in [0.3, 0.4) is 0 Å². The Bertz CT molecular complexity index is 710. The maximum absolute atomic E-state index is 12.3. The smallest absolute Gasteiger partial charge is 0.225 e. The average Bonchev–Trinajstić information content (AvgIpc) is 2.54. The Hall–Kier alpha value is -3.06. The number of nitrogens with one attached hydrogen (secondary N) is 1. The molecule has 110 valence electrons. The van der Waals surface area contributed by atoms with Gasteiger partial charge in [-0.3, -0.25) is 9.59 Å². The van der Waals surface area contributed by atoms with Gasteiger partial charge in [-0.1, -0.05) is 0 Å². The lowest BCUT2D eigenvalue weighted by molar-refractivity contribution is -0.116. The molecule has 0 spiro atoms. The number of hydrogen-bond donors (Lipinski definition) is 2. The fourth-order valence-corrected chi connectivity index (χ4v) is 1.92. The molecular formula is C18H16N2O2. The van der Waals surface area contributed by atoms with Gasteiger partial charge in [0.25, 0.3) is 0 Å². The van der Waals surface area contributed by atoms with Crippen molar-refractivity contribution in [1.29, 1.82) is 0 Å². The number of ketones is 1. The second-order valence-electron chi connectivity index (χ2n) is 4.78. The van der Waals surface area contributed by atoms with E-state index in [1.54, 1.807) is 48.5 Å². The van der Waals surface area contributed by atoms with Crippen molar-refractivity contribution < 1.29 is 9.59 Å². The summed E-state index contributed by atoms with van der Waals surface area (Å²) >= 11 is 0. The quantitative estimate of drug-likeness (QED) is 0.505. The van der Waals surface area contributed by atoms with Gasteiger partial charge in [0.05, 0.1) is 0 Å². The molecular weight excluding hydrogens is 276 g/mol. The first-order chi connectivity index (χ1) is 10.6. The lowest BCUT2D eigenvalue weighted by Crippen LogP contribution is -2.11. The summed E-state index contributed by atoms with van der Waals surface area (Å²) in [6, 6.07) is 13.5. The summed E-state index contributed by atoms with van der Waals surface area (Å²) in [5.74, 6) is 2.18. The van der Waals surface area contributed by atoms with E-state index in [4.69, 9.17) is 12.2 Å². The summed E-state index contributed by atoms with van der Waals surface area (Å²) in [5, 5.41) is 2.73. The molecule has 2 aromatic carbocycles. The van der Waals surface area contributed by atoms with E-state index in [9.17, 15) is 9.59 Å². The molecule has 22 heavy (non-hydrogen) atoms. The predicted molar refractivity (Wildman–Crippen MR) is 87.4 cm³/mol. The fraction of sp³-hybridized carbons (Fsp3) is 0.111. The predicted octanol–water partition coefficient (Wildman–Crippen LogP) is 2.85. The Morgan fingerprint density at radius 3 is 2.09 bits per heavy atom. The minimum Gasteiger partial charge on any atom is -0.399 e. The highest BCUT2D eigenvalue weighted by molar-refractivity contribution is 6.09. The number of hydrogen-bond acceptors (Lipinski definition) is 3. The summed E-state index contributed by atoms with van der Waals surface area (Å²) in [7, 11) is 0. The number of carbonyl (C=O) groups is 2. The van der Waals surface area contributed by atoms with Crippen molar-refractivity contribution in [3.8, 4) is 12.3 Å². The molecule has 4 nitrogen and oxygen atoms in total. The van der Waals surface area contributed by atoms with E-state index >= 15 is 0 Å². The first-order valence-corrected chi connectivity index (χ1v) is 6.84. The molecule has 0 saturated carbocycles. The summed E-state index contributed by atoms with van der Waals surface area (Å²) in [5.41, 5.74) is 7.97. The van der Waals surface area contributed by atoms with Gasteiger partial charge in [0.15, 0.2) is 5.78 Å². The molecule has 3 N–H and O–H groups in total. The molecule has 0 aromatic heterocycles. The van der Waals surface area contributed by atoms with E-state index in [-0.39, 0.29) is 18.1 Å². The highest BCUT2D eigenvalue weighted by Gasteiger charge is 2.09. The van der Waals surface area contributed by atoms with Gasteiger partial charge in [-0.05, 0) is 48.5 Å². The normalized spacial score (nSPS) is 9.77. The summed E-state index contributed by atoms with van der Waals surface area (Å²) in [6.07, 6.45) is 5.80. The zero-order valence-electron chi connectivity index (χ0n) is 12.0. The van der Waals surface area contributed by atoms with E-state index in [1.165, 1.54) is 0 Å². The van der Waals surface area contributed by atoms with E-state index in [2.05, 4.69) is 11.2 Å². The Labute approximate surface area is 129 Å². The third kappa shape index (κ3) is 3.97. The molecule has 0 heterocycles. The molecule has 2 rings (SSSR count). The topological polar surface area (TPSA) is 72.2 Å². The number of amides is 1. The number of nitrogens with two attached hydrogens (primary N) is 1. The van der Waals surface area contributed by atoms with Crippen molar-refractivity contribution >= 4 is 23.1 Å². The van der Waals surface area contributed by atoms with Crippen molar-refractivity contribution in [3.05, 3.63) is 59.7 Å². The number of carbonyl (C=O) groups excluding carboxylic acids is 2. The number of terminal acetylenes is 1. The SMILES string of the molecule is C#CCCC(=O)Nc1ccc(C(=O)c2ccc(N)cc2)cc1. The lowest BCUT2D eigenvalue weighted by atomic mass is 10.0. The minimum absolute atomic E-state index is 0.0924. The molecule has 0 bridgehead atoms. The Balaban J connectivity index is 2.05.